The van der Waals surface area contributed by atoms with E-state index in [-0.39, 0.29) is 5.78 Å². The molecular weight excluding hydrogens is 250 g/mol. The number of rotatable bonds is 4. The quantitative estimate of drug-likeness (QED) is 0.789. The highest BCUT2D eigenvalue weighted by molar-refractivity contribution is 5.97. The van der Waals surface area contributed by atoms with Gasteiger partial charge in [0.1, 0.15) is 5.75 Å². The second-order valence-corrected chi connectivity index (χ2v) is 4.38. The van der Waals surface area contributed by atoms with Crippen LogP contribution in [0.25, 0.3) is 11.1 Å². The largest absolute Gasteiger partial charge is 0.496 e. The molecule has 0 heterocycles. The van der Waals surface area contributed by atoms with Crippen LogP contribution < -0.4 is 4.74 Å². The summed E-state index contributed by atoms with van der Waals surface area (Å²) in [7, 11) is 1.59. The Balaban J connectivity index is 2.56. The summed E-state index contributed by atoms with van der Waals surface area (Å²) in [5.74, 6) is 0.785. The maximum absolute atomic E-state index is 11.8. The zero-order chi connectivity index (χ0) is 14.5. The number of carbonyl (C=O) groups is 1. The van der Waals surface area contributed by atoms with E-state index < -0.39 is 0 Å². The van der Waals surface area contributed by atoms with E-state index >= 15 is 0 Å². The molecule has 100 valence electrons. The molecule has 0 aliphatic carbocycles. The van der Waals surface area contributed by atoms with Gasteiger partial charge in [-0.15, -0.1) is 0 Å². The van der Waals surface area contributed by atoms with Gasteiger partial charge in [0.2, 0.25) is 0 Å². The number of nitrogens with zero attached hydrogens (tertiary/aromatic N) is 1. The molecule has 2 aromatic carbocycles. The second kappa shape index (κ2) is 6.03. The highest BCUT2D eigenvalue weighted by Crippen LogP contribution is 2.31. The molecule has 2 rings (SSSR count). The van der Waals surface area contributed by atoms with Crippen molar-refractivity contribution in [3.63, 3.8) is 0 Å². The van der Waals surface area contributed by atoms with Crippen LogP contribution in [0, 0.1) is 11.3 Å². The fourth-order valence-electron chi connectivity index (χ4n) is 2.07. The third-order valence-electron chi connectivity index (χ3n) is 3.15. The van der Waals surface area contributed by atoms with Gasteiger partial charge in [-0.2, -0.15) is 5.26 Å². The number of Topliss-reactive ketones (excluding diaryl/α,β-unsaturated/α-hetero) is 1. The van der Waals surface area contributed by atoms with Gasteiger partial charge in [0, 0.05) is 17.5 Å². The smallest absolute Gasteiger partial charge is 0.162 e. The Morgan fingerprint density at radius 3 is 2.70 bits per heavy atom. The molecule has 0 N–H and O–H groups in total. The molecule has 0 saturated carbocycles. The highest BCUT2D eigenvalue weighted by Gasteiger charge is 2.10. The number of nitriles is 1. The topological polar surface area (TPSA) is 50.1 Å². The zero-order valence-electron chi connectivity index (χ0n) is 11.5. The van der Waals surface area contributed by atoms with E-state index in [9.17, 15) is 4.79 Å². The molecule has 3 nitrogen and oxygen atoms in total. The van der Waals surface area contributed by atoms with Crippen LogP contribution in [0.3, 0.4) is 0 Å². The van der Waals surface area contributed by atoms with E-state index in [2.05, 4.69) is 6.07 Å². The predicted octanol–water partition coefficient (Wildman–Crippen LogP) is 3.83. The van der Waals surface area contributed by atoms with Crippen LogP contribution in [-0.4, -0.2) is 12.9 Å². The Hall–Kier alpha value is -2.60. The lowest BCUT2D eigenvalue weighted by Gasteiger charge is -2.10. The summed E-state index contributed by atoms with van der Waals surface area (Å²) < 4.78 is 5.33. The fraction of sp³-hybridized carbons (Fsp3) is 0.176. The van der Waals surface area contributed by atoms with Crippen LogP contribution in [-0.2, 0) is 0 Å². The van der Waals surface area contributed by atoms with Crippen molar-refractivity contribution in [3.05, 3.63) is 53.6 Å². The van der Waals surface area contributed by atoms with Crippen molar-refractivity contribution in [2.75, 3.05) is 7.11 Å². The van der Waals surface area contributed by atoms with Gasteiger partial charge in [-0.25, -0.2) is 0 Å². The first-order valence-electron chi connectivity index (χ1n) is 6.41. The molecule has 0 aromatic heterocycles. The zero-order valence-corrected chi connectivity index (χ0v) is 11.5. The summed E-state index contributed by atoms with van der Waals surface area (Å²) in [6.45, 7) is 1.84. The number of methoxy groups -OCH3 is 1. The van der Waals surface area contributed by atoms with Crippen molar-refractivity contribution in [3.8, 4) is 22.9 Å². The van der Waals surface area contributed by atoms with Crippen LogP contribution in [0.2, 0.25) is 0 Å². The Bertz CT molecular complexity index is 684. The number of hydrogen-bond donors (Lipinski definition) is 0. The minimum Gasteiger partial charge on any atom is -0.496 e. The summed E-state index contributed by atoms with van der Waals surface area (Å²) in [6, 6.07) is 14.8. The van der Waals surface area contributed by atoms with Crippen molar-refractivity contribution in [2.45, 2.75) is 13.3 Å². The third-order valence-corrected chi connectivity index (χ3v) is 3.15. The lowest BCUT2D eigenvalue weighted by molar-refractivity contribution is 0.0988. The van der Waals surface area contributed by atoms with Crippen LogP contribution in [0.15, 0.2) is 42.5 Å². The van der Waals surface area contributed by atoms with Crippen molar-refractivity contribution in [2.24, 2.45) is 0 Å². The normalized spacial score (nSPS) is 9.85. The Morgan fingerprint density at radius 1 is 1.25 bits per heavy atom. The Kier molecular flexibility index (Phi) is 4.17. The molecule has 0 fully saturated rings. The van der Waals surface area contributed by atoms with E-state index in [0.717, 1.165) is 11.1 Å². The van der Waals surface area contributed by atoms with Crippen LogP contribution in [0.4, 0.5) is 0 Å². The molecule has 0 amide bonds. The van der Waals surface area contributed by atoms with Crippen molar-refractivity contribution >= 4 is 5.78 Å². The molecule has 0 saturated heterocycles. The summed E-state index contributed by atoms with van der Waals surface area (Å²) in [6.07, 6.45) is 0.471. The molecule has 0 atom stereocenters. The van der Waals surface area contributed by atoms with Gasteiger partial charge in [-0.05, 0) is 29.8 Å². The molecule has 3 heteroatoms. The van der Waals surface area contributed by atoms with Gasteiger partial charge in [-0.1, -0.05) is 25.1 Å². The van der Waals surface area contributed by atoms with E-state index in [1.807, 2.05) is 25.1 Å². The molecule has 0 bridgehead atoms. The van der Waals surface area contributed by atoms with E-state index in [1.165, 1.54) is 0 Å². The summed E-state index contributed by atoms with van der Waals surface area (Å²) in [5, 5.41) is 9.01. The molecule has 20 heavy (non-hydrogen) atoms. The minimum absolute atomic E-state index is 0.0993. The maximum atomic E-state index is 11.8. The van der Waals surface area contributed by atoms with Gasteiger partial charge in [0.05, 0.1) is 18.7 Å². The average Bonchev–Trinajstić information content (AvgIpc) is 2.53. The molecule has 2 aromatic rings. The van der Waals surface area contributed by atoms with Crippen molar-refractivity contribution in [1.82, 2.24) is 0 Å². The van der Waals surface area contributed by atoms with Crippen molar-refractivity contribution in [1.29, 1.82) is 5.26 Å². The number of benzene rings is 2. The fourth-order valence-corrected chi connectivity index (χ4v) is 2.07. The Morgan fingerprint density at radius 2 is 2.05 bits per heavy atom. The van der Waals surface area contributed by atoms with Gasteiger partial charge >= 0.3 is 0 Å². The van der Waals surface area contributed by atoms with Gasteiger partial charge in [0.15, 0.2) is 5.78 Å². The van der Waals surface area contributed by atoms with E-state index in [4.69, 9.17) is 10.00 Å². The lowest BCUT2D eigenvalue weighted by atomic mass is 9.98. The third kappa shape index (κ3) is 2.70. The SMILES string of the molecule is CCC(=O)c1cccc(-c2cc(C#N)ccc2OC)c1. The number of hydrogen-bond acceptors (Lipinski definition) is 3. The number of ketones is 1. The second-order valence-electron chi connectivity index (χ2n) is 4.38. The molecular formula is C17H15NO2. The predicted molar refractivity (Wildman–Crippen MR) is 77.8 cm³/mol. The standard InChI is InChI=1S/C17H15NO2/c1-3-16(19)14-6-4-5-13(10-14)15-9-12(11-18)7-8-17(15)20-2/h4-10H,3H2,1-2H3. The molecule has 0 aliphatic heterocycles. The summed E-state index contributed by atoms with van der Waals surface area (Å²) in [5.41, 5.74) is 2.93. The van der Waals surface area contributed by atoms with Crippen molar-refractivity contribution < 1.29 is 9.53 Å². The highest BCUT2D eigenvalue weighted by atomic mass is 16.5. The van der Waals surface area contributed by atoms with Crippen LogP contribution in [0.1, 0.15) is 29.3 Å². The summed E-state index contributed by atoms with van der Waals surface area (Å²) in [4.78, 5) is 11.8. The van der Waals surface area contributed by atoms with Crippen LogP contribution in [0.5, 0.6) is 5.75 Å². The maximum Gasteiger partial charge on any atom is 0.162 e. The lowest BCUT2D eigenvalue weighted by Crippen LogP contribution is -1.97. The average molecular weight is 265 g/mol. The number of carbonyl (C=O) groups excluding carboxylic acids is 1. The van der Waals surface area contributed by atoms with E-state index in [1.54, 1.807) is 31.4 Å². The first-order chi connectivity index (χ1) is 9.69. The molecule has 0 spiro atoms. The summed E-state index contributed by atoms with van der Waals surface area (Å²) >= 11 is 0. The van der Waals surface area contributed by atoms with Gasteiger partial charge < -0.3 is 4.74 Å². The molecule has 0 aliphatic rings. The Labute approximate surface area is 118 Å². The van der Waals surface area contributed by atoms with Gasteiger partial charge in [0.25, 0.3) is 0 Å². The first-order valence-corrected chi connectivity index (χ1v) is 6.41. The molecule has 0 unspecified atom stereocenters. The minimum atomic E-state index is 0.0993. The monoisotopic (exact) mass is 265 g/mol. The molecule has 0 radical (unpaired) electrons. The van der Waals surface area contributed by atoms with Crippen LogP contribution >= 0.6 is 0 Å². The first kappa shape index (κ1) is 13.8. The van der Waals surface area contributed by atoms with Gasteiger partial charge in [-0.3, -0.25) is 4.79 Å². The van der Waals surface area contributed by atoms with E-state index in [0.29, 0.717) is 23.3 Å². The number of ether oxygens (including phenoxy) is 1.